The zero-order chi connectivity index (χ0) is 17.0. The SMILES string of the molecule is Cc1c(F)cccc1-c1ccc(CN[C@@H](CC(C)C)C(=O)O)o1. The summed E-state index contributed by atoms with van der Waals surface area (Å²) in [6, 6.07) is 7.79. The Morgan fingerprint density at radius 2 is 2.04 bits per heavy atom. The van der Waals surface area contributed by atoms with Crippen molar-refractivity contribution in [3.63, 3.8) is 0 Å². The van der Waals surface area contributed by atoms with Crippen LogP contribution in [0, 0.1) is 18.7 Å². The van der Waals surface area contributed by atoms with Crippen molar-refractivity contribution in [1.82, 2.24) is 5.32 Å². The molecule has 2 N–H and O–H groups in total. The van der Waals surface area contributed by atoms with Crippen LogP contribution in [0.5, 0.6) is 0 Å². The number of aliphatic carboxylic acids is 1. The maximum absolute atomic E-state index is 13.6. The Kier molecular flexibility index (Phi) is 5.55. The van der Waals surface area contributed by atoms with Crippen LogP contribution in [-0.2, 0) is 11.3 Å². The largest absolute Gasteiger partial charge is 0.480 e. The molecule has 0 saturated carbocycles. The molecule has 124 valence electrons. The highest BCUT2D eigenvalue weighted by molar-refractivity contribution is 5.73. The van der Waals surface area contributed by atoms with Crippen molar-refractivity contribution in [2.45, 2.75) is 39.8 Å². The molecule has 0 amide bonds. The van der Waals surface area contributed by atoms with Crippen molar-refractivity contribution in [3.05, 3.63) is 47.5 Å². The van der Waals surface area contributed by atoms with Gasteiger partial charge in [0.05, 0.1) is 6.54 Å². The number of rotatable bonds is 7. The summed E-state index contributed by atoms with van der Waals surface area (Å²) in [6.45, 7) is 5.98. The fourth-order valence-electron chi connectivity index (χ4n) is 2.46. The monoisotopic (exact) mass is 319 g/mol. The summed E-state index contributed by atoms with van der Waals surface area (Å²) in [4.78, 5) is 11.2. The number of hydrogen-bond donors (Lipinski definition) is 2. The normalized spacial score (nSPS) is 12.6. The first-order valence-electron chi connectivity index (χ1n) is 7.69. The Labute approximate surface area is 135 Å². The summed E-state index contributed by atoms with van der Waals surface area (Å²) in [6.07, 6.45) is 0.548. The van der Waals surface area contributed by atoms with Gasteiger partial charge in [-0.1, -0.05) is 26.0 Å². The lowest BCUT2D eigenvalue weighted by molar-refractivity contribution is -0.140. The van der Waals surface area contributed by atoms with E-state index in [1.165, 1.54) is 6.07 Å². The number of carbonyl (C=O) groups is 1. The van der Waals surface area contributed by atoms with E-state index >= 15 is 0 Å². The van der Waals surface area contributed by atoms with E-state index < -0.39 is 12.0 Å². The first-order valence-corrected chi connectivity index (χ1v) is 7.69. The Bertz CT molecular complexity index is 679. The molecule has 0 saturated heterocycles. The summed E-state index contributed by atoms with van der Waals surface area (Å²) < 4.78 is 19.3. The lowest BCUT2D eigenvalue weighted by Gasteiger charge is -2.15. The molecule has 4 nitrogen and oxygen atoms in total. The number of nitrogens with one attached hydrogen (secondary N) is 1. The topological polar surface area (TPSA) is 62.5 Å². The van der Waals surface area contributed by atoms with Gasteiger partial charge in [0.1, 0.15) is 23.4 Å². The molecule has 2 rings (SSSR count). The van der Waals surface area contributed by atoms with Crippen molar-refractivity contribution in [2.24, 2.45) is 5.92 Å². The van der Waals surface area contributed by atoms with Crippen LogP contribution < -0.4 is 5.32 Å². The van der Waals surface area contributed by atoms with E-state index in [4.69, 9.17) is 4.42 Å². The second kappa shape index (κ2) is 7.42. The molecule has 0 radical (unpaired) electrons. The van der Waals surface area contributed by atoms with Gasteiger partial charge >= 0.3 is 5.97 Å². The van der Waals surface area contributed by atoms with Crippen LogP contribution in [0.3, 0.4) is 0 Å². The minimum absolute atomic E-state index is 0.276. The molecule has 2 aromatic rings. The zero-order valence-electron chi connectivity index (χ0n) is 13.6. The van der Waals surface area contributed by atoms with Crippen molar-refractivity contribution in [1.29, 1.82) is 0 Å². The summed E-state index contributed by atoms with van der Waals surface area (Å²) in [5.41, 5.74) is 1.23. The standard InChI is InChI=1S/C18H22FNO3/c1-11(2)9-16(18(21)22)20-10-13-7-8-17(23-13)14-5-4-6-15(19)12(14)3/h4-8,11,16,20H,9-10H2,1-3H3,(H,21,22)/t16-/m0/s1. The van der Waals surface area contributed by atoms with Crippen LogP contribution in [-0.4, -0.2) is 17.1 Å². The molecule has 0 aliphatic rings. The minimum Gasteiger partial charge on any atom is -0.480 e. The molecule has 0 unspecified atom stereocenters. The third-order valence-corrected chi connectivity index (χ3v) is 3.72. The van der Waals surface area contributed by atoms with Crippen LogP contribution in [0.4, 0.5) is 4.39 Å². The van der Waals surface area contributed by atoms with E-state index in [2.05, 4.69) is 5.32 Å². The predicted octanol–water partition coefficient (Wildman–Crippen LogP) is 3.98. The van der Waals surface area contributed by atoms with E-state index in [0.717, 1.165) is 0 Å². The van der Waals surface area contributed by atoms with E-state index in [0.29, 0.717) is 35.6 Å². The molecule has 1 heterocycles. The van der Waals surface area contributed by atoms with Crippen molar-refractivity contribution in [2.75, 3.05) is 0 Å². The van der Waals surface area contributed by atoms with Crippen LogP contribution in [0.15, 0.2) is 34.7 Å². The number of hydrogen-bond acceptors (Lipinski definition) is 3. The second-order valence-corrected chi connectivity index (χ2v) is 6.08. The third-order valence-electron chi connectivity index (χ3n) is 3.72. The van der Waals surface area contributed by atoms with Gasteiger partial charge in [-0.05, 0) is 43.0 Å². The fourth-order valence-corrected chi connectivity index (χ4v) is 2.46. The van der Waals surface area contributed by atoms with E-state index in [-0.39, 0.29) is 11.7 Å². The van der Waals surface area contributed by atoms with Gasteiger partial charge in [-0.3, -0.25) is 10.1 Å². The number of furan rings is 1. The summed E-state index contributed by atoms with van der Waals surface area (Å²) >= 11 is 0. The first kappa shape index (κ1) is 17.2. The minimum atomic E-state index is -0.869. The summed E-state index contributed by atoms with van der Waals surface area (Å²) in [7, 11) is 0. The fraction of sp³-hybridized carbons (Fsp3) is 0.389. The highest BCUT2D eigenvalue weighted by Gasteiger charge is 2.19. The summed E-state index contributed by atoms with van der Waals surface area (Å²) in [5, 5.41) is 12.2. The average molecular weight is 319 g/mol. The molecule has 0 fully saturated rings. The predicted molar refractivity (Wildman–Crippen MR) is 86.6 cm³/mol. The van der Waals surface area contributed by atoms with Crippen molar-refractivity contribution < 1.29 is 18.7 Å². The number of carboxylic acid groups (broad SMARTS) is 1. The Hall–Kier alpha value is -2.14. The van der Waals surface area contributed by atoms with Gasteiger partial charge in [-0.2, -0.15) is 0 Å². The Morgan fingerprint density at radius 1 is 1.30 bits per heavy atom. The average Bonchev–Trinajstić information content (AvgIpc) is 2.94. The quantitative estimate of drug-likeness (QED) is 0.810. The van der Waals surface area contributed by atoms with Crippen LogP contribution >= 0.6 is 0 Å². The highest BCUT2D eigenvalue weighted by atomic mass is 19.1. The number of carboxylic acids is 1. The number of benzene rings is 1. The molecule has 0 spiro atoms. The Balaban J connectivity index is 2.07. The van der Waals surface area contributed by atoms with Gasteiger partial charge in [0, 0.05) is 5.56 Å². The zero-order valence-corrected chi connectivity index (χ0v) is 13.6. The van der Waals surface area contributed by atoms with Gasteiger partial charge < -0.3 is 9.52 Å². The smallest absolute Gasteiger partial charge is 0.320 e. The number of halogens is 1. The second-order valence-electron chi connectivity index (χ2n) is 6.08. The van der Waals surface area contributed by atoms with Gasteiger partial charge in [-0.25, -0.2) is 4.39 Å². The van der Waals surface area contributed by atoms with Crippen molar-refractivity contribution >= 4 is 5.97 Å². The van der Waals surface area contributed by atoms with Crippen LogP contribution in [0.25, 0.3) is 11.3 Å². The molecule has 1 aromatic heterocycles. The molecular weight excluding hydrogens is 297 g/mol. The highest BCUT2D eigenvalue weighted by Crippen LogP contribution is 2.27. The molecule has 23 heavy (non-hydrogen) atoms. The Morgan fingerprint density at radius 3 is 2.70 bits per heavy atom. The molecular formula is C18H22FNO3. The maximum Gasteiger partial charge on any atom is 0.320 e. The maximum atomic E-state index is 13.6. The van der Waals surface area contributed by atoms with E-state index in [9.17, 15) is 14.3 Å². The molecule has 0 bridgehead atoms. The molecule has 1 atom stereocenters. The third kappa shape index (κ3) is 4.42. The van der Waals surface area contributed by atoms with Gasteiger partial charge in [0.25, 0.3) is 0 Å². The van der Waals surface area contributed by atoms with E-state index in [1.54, 1.807) is 31.2 Å². The molecule has 0 aliphatic heterocycles. The van der Waals surface area contributed by atoms with Crippen LogP contribution in [0.1, 0.15) is 31.6 Å². The van der Waals surface area contributed by atoms with E-state index in [1.807, 2.05) is 13.8 Å². The van der Waals surface area contributed by atoms with Gasteiger partial charge in [0.2, 0.25) is 0 Å². The first-order chi connectivity index (χ1) is 10.9. The van der Waals surface area contributed by atoms with Gasteiger partial charge in [0.15, 0.2) is 0 Å². The van der Waals surface area contributed by atoms with Gasteiger partial charge in [-0.15, -0.1) is 0 Å². The molecule has 0 aliphatic carbocycles. The van der Waals surface area contributed by atoms with Crippen LogP contribution in [0.2, 0.25) is 0 Å². The molecule has 1 aromatic carbocycles. The van der Waals surface area contributed by atoms with Crippen molar-refractivity contribution in [3.8, 4) is 11.3 Å². The molecule has 5 heteroatoms. The lowest BCUT2D eigenvalue weighted by Crippen LogP contribution is -2.37. The summed E-state index contributed by atoms with van der Waals surface area (Å²) in [5.74, 6) is 0.340. The lowest BCUT2D eigenvalue weighted by atomic mass is 10.0.